The molecule has 2 aromatic rings. The number of rotatable bonds is 5. The molecule has 11 heteroatoms. The van der Waals surface area contributed by atoms with Crippen molar-refractivity contribution in [3.63, 3.8) is 0 Å². The zero-order valence-corrected chi connectivity index (χ0v) is 17.6. The van der Waals surface area contributed by atoms with E-state index in [4.69, 9.17) is 10.2 Å². The first-order valence-corrected chi connectivity index (χ1v) is 9.71. The van der Waals surface area contributed by atoms with E-state index in [9.17, 15) is 27.6 Å². The molecule has 0 aliphatic carbocycles. The van der Waals surface area contributed by atoms with E-state index in [0.29, 0.717) is 38.3 Å². The number of hydrogen-bond acceptors (Lipinski definition) is 5. The third-order valence-electron chi connectivity index (χ3n) is 4.62. The SMILES string of the molecule is CN1CCN(C(=O)c2ccc(F)c(F)c2Nc2ccccc2F)CC1.O=C(O)/C=C/C(=O)O. The van der Waals surface area contributed by atoms with Crippen LogP contribution in [0.5, 0.6) is 0 Å². The lowest BCUT2D eigenvalue weighted by Gasteiger charge is -2.33. The Bertz CT molecular complexity index is 1040. The van der Waals surface area contributed by atoms with Gasteiger partial charge in [0.15, 0.2) is 11.6 Å². The Labute approximate surface area is 187 Å². The molecule has 1 heterocycles. The van der Waals surface area contributed by atoms with Gasteiger partial charge in [-0.3, -0.25) is 4.79 Å². The number of nitrogens with one attached hydrogen (secondary N) is 1. The molecule has 0 bridgehead atoms. The van der Waals surface area contributed by atoms with E-state index in [1.807, 2.05) is 7.05 Å². The maximum Gasteiger partial charge on any atom is 0.328 e. The number of carboxylic acids is 2. The second-order valence-electron chi connectivity index (χ2n) is 6.99. The monoisotopic (exact) mass is 465 g/mol. The number of halogens is 3. The molecule has 1 aliphatic heterocycles. The zero-order valence-electron chi connectivity index (χ0n) is 17.6. The molecule has 1 aliphatic rings. The Balaban J connectivity index is 0.000000414. The van der Waals surface area contributed by atoms with Crippen molar-refractivity contribution in [3.05, 3.63) is 71.6 Å². The summed E-state index contributed by atoms with van der Waals surface area (Å²) in [7, 11) is 1.95. The summed E-state index contributed by atoms with van der Waals surface area (Å²) in [6, 6.07) is 7.77. The number of nitrogens with zero attached hydrogens (tertiary/aromatic N) is 2. The average molecular weight is 465 g/mol. The number of aliphatic carboxylic acids is 2. The van der Waals surface area contributed by atoms with Crippen molar-refractivity contribution in [1.82, 2.24) is 9.80 Å². The van der Waals surface area contributed by atoms with Gasteiger partial charge in [0.05, 0.1) is 16.9 Å². The molecule has 2 aromatic carbocycles. The normalized spacial score (nSPS) is 13.9. The summed E-state index contributed by atoms with van der Waals surface area (Å²) in [6.45, 7) is 2.39. The number of carbonyl (C=O) groups excluding carboxylic acids is 1. The van der Waals surface area contributed by atoms with Crippen LogP contribution in [0.15, 0.2) is 48.6 Å². The number of para-hydroxylation sites is 1. The van der Waals surface area contributed by atoms with Gasteiger partial charge in [-0.15, -0.1) is 0 Å². The first kappa shape index (κ1) is 25.4. The summed E-state index contributed by atoms with van der Waals surface area (Å²) in [4.78, 5) is 35.5. The van der Waals surface area contributed by atoms with E-state index < -0.39 is 35.3 Å². The summed E-state index contributed by atoms with van der Waals surface area (Å²) < 4.78 is 41.9. The largest absolute Gasteiger partial charge is 0.478 e. The number of amides is 1. The Morgan fingerprint density at radius 1 is 0.879 bits per heavy atom. The number of piperazine rings is 1. The average Bonchev–Trinajstić information content (AvgIpc) is 2.77. The minimum atomic E-state index is -1.26. The molecule has 0 spiro atoms. The fraction of sp³-hybridized carbons (Fsp3) is 0.227. The predicted octanol–water partition coefficient (Wildman–Crippen LogP) is 2.95. The van der Waals surface area contributed by atoms with Crippen molar-refractivity contribution in [3.8, 4) is 0 Å². The van der Waals surface area contributed by atoms with Gasteiger partial charge in [0, 0.05) is 38.3 Å². The van der Waals surface area contributed by atoms with E-state index >= 15 is 0 Å². The molecule has 8 nitrogen and oxygen atoms in total. The lowest BCUT2D eigenvalue weighted by atomic mass is 10.1. The number of carboxylic acid groups (broad SMARTS) is 2. The first-order chi connectivity index (χ1) is 15.6. The quantitative estimate of drug-likeness (QED) is 0.583. The molecule has 0 saturated carbocycles. The van der Waals surface area contributed by atoms with Crippen LogP contribution in [0.2, 0.25) is 0 Å². The molecule has 1 fully saturated rings. The molecular formula is C22H22F3N3O5. The molecule has 1 amide bonds. The third-order valence-corrected chi connectivity index (χ3v) is 4.62. The van der Waals surface area contributed by atoms with Gasteiger partial charge in [0.2, 0.25) is 0 Å². The topological polar surface area (TPSA) is 110 Å². The smallest absolute Gasteiger partial charge is 0.328 e. The maximum absolute atomic E-state index is 14.3. The molecule has 176 valence electrons. The second-order valence-corrected chi connectivity index (χ2v) is 6.99. The van der Waals surface area contributed by atoms with Gasteiger partial charge in [0.1, 0.15) is 5.82 Å². The highest BCUT2D eigenvalue weighted by molar-refractivity contribution is 6.00. The van der Waals surface area contributed by atoms with E-state index in [2.05, 4.69) is 10.2 Å². The number of benzene rings is 2. The van der Waals surface area contributed by atoms with Gasteiger partial charge in [-0.1, -0.05) is 12.1 Å². The highest BCUT2D eigenvalue weighted by atomic mass is 19.2. The van der Waals surface area contributed by atoms with Crippen LogP contribution in [0.3, 0.4) is 0 Å². The lowest BCUT2D eigenvalue weighted by molar-refractivity contribution is -0.134. The summed E-state index contributed by atoms with van der Waals surface area (Å²) in [5.74, 6) is -5.85. The van der Waals surface area contributed by atoms with Gasteiger partial charge in [-0.25, -0.2) is 22.8 Å². The number of likely N-dealkylation sites (N-methyl/N-ethyl adjacent to an activating group) is 1. The van der Waals surface area contributed by atoms with Crippen molar-refractivity contribution in [1.29, 1.82) is 0 Å². The fourth-order valence-electron chi connectivity index (χ4n) is 2.87. The molecule has 3 rings (SSSR count). The van der Waals surface area contributed by atoms with Gasteiger partial charge >= 0.3 is 11.9 Å². The minimum absolute atomic E-state index is 0.0216. The van der Waals surface area contributed by atoms with Crippen molar-refractivity contribution in [2.75, 3.05) is 38.5 Å². The van der Waals surface area contributed by atoms with Crippen LogP contribution in [0, 0.1) is 17.5 Å². The summed E-state index contributed by atoms with van der Waals surface area (Å²) >= 11 is 0. The Kier molecular flexibility index (Phi) is 8.98. The van der Waals surface area contributed by atoms with E-state index in [0.717, 1.165) is 6.07 Å². The van der Waals surface area contributed by atoms with Crippen LogP contribution in [-0.2, 0) is 9.59 Å². The molecule has 1 saturated heterocycles. The number of hydrogen-bond donors (Lipinski definition) is 3. The van der Waals surface area contributed by atoms with E-state index in [1.54, 1.807) is 11.0 Å². The molecule has 0 radical (unpaired) electrons. The standard InChI is InChI=1S/C18H18F3N3O.C4H4O4/c1-23-8-10-24(11-9-23)18(25)12-6-7-14(20)16(21)17(12)22-15-5-3-2-4-13(15)19;5-3(6)1-2-4(7)8/h2-7,22H,8-11H2,1H3;1-2H,(H,5,6)(H,7,8)/b;2-1+. The molecule has 33 heavy (non-hydrogen) atoms. The minimum Gasteiger partial charge on any atom is -0.478 e. The predicted molar refractivity (Wildman–Crippen MR) is 114 cm³/mol. The first-order valence-electron chi connectivity index (χ1n) is 9.71. The Morgan fingerprint density at radius 3 is 2.00 bits per heavy atom. The van der Waals surface area contributed by atoms with Gasteiger partial charge in [-0.05, 0) is 31.3 Å². The number of anilines is 2. The summed E-state index contributed by atoms with van der Waals surface area (Å²) in [5, 5.41) is 18.2. The third kappa shape index (κ3) is 7.35. The van der Waals surface area contributed by atoms with Crippen molar-refractivity contribution < 1.29 is 37.8 Å². The number of carbonyl (C=O) groups is 3. The van der Waals surface area contributed by atoms with Crippen LogP contribution >= 0.6 is 0 Å². The summed E-state index contributed by atoms with van der Waals surface area (Å²) in [5.41, 5.74) is -0.403. The fourth-order valence-corrected chi connectivity index (χ4v) is 2.87. The highest BCUT2D eigenvalue weighted by Crippen LogP contribution is 2.29. The van der Waals surface area contributed by atoms with Crippen LogP contribution in [0.1, 0.15) is 10.4 Å². The molecular weight excluding hydrogens is 443 g/mol. The van der Waals surface area contributed by atoms with E-state index in [-0.39, 0.29) is 16.9 Å². The van der Waals surface area contributed by atoms with Crippen LogP contribution < -0.4 is 5.32 Å². The lowest BCUT2D eigenvalue weighted by Crippen LogP contribution is -2.47. The van der Waals surface area contributed by atoms with Crippen molar-refractivity contribution in [2.45, 2.75) is 0 Å². The van der Waals surface area contributed by atoms with Crippen LogP contribution in [0.4, 0.5) is 24.5 Å². The van der Waals surface area contributed by atoms with Crippen molar-refractivity contribution >= 4 is 29.2 Å². The highest BCUT2D eigenvalue weighted by Gasteiger charge is 2.25. The van der Waals surface area contributed by atoms with Gasteiger partial charge < -0.3 is 25.3 Å². The molecule has 0 atom stereocenters. The van der Waals surface area contributed by atoms with Crippen LogP contribution in [0.25, 0.3) is 0 Å². The Hall–Kier alpha value is -3.86. The maximum atomic E-state index is 14.3. The van der Waals surface area contributed by atoms with Crippen molar-refractivity contribution in [2.24, 2.45) is 0 Å². The van der Waals surface area contributed by atoms with Gasteiger partial charge in [0.25, 0.3) is 5.91 Å². The summed E-state index contributed by atoms with van der Waals surface area (Å²) in [6.07, 6.45) is 1.12. The molecule has 3 N–H and O–H groups in total. The Morgan fingerprint density at radius 2 is 1.45 bits per heavy atom. The van der Waals surface area contributed by atoms with E-state index in [1.165, 1.54) is 24.3 Å². The second kappa shape index (κ2) is 11.7. The van der Waals surface area contributed by atoms with Crippen LogP contribution in [-0.4, -0.2) is 71.1 Å². The molecule has 0 aromatic heterocycles. The zero-order chi connectivity index (χ0) is 24.5. The molecule has 0 unspecified atom stereocenters. The van der Waals surface area contributed by atoms with Gasteiger partial charge in [-0.2, -0.15) is 0 Å².